The third-order valence-corrected chi connectivity index (χ3v) is 6.55. The number of rotatable bonds is 2. The van der Waals surface area contributed by atoms with E-state index in [0.717, 1.165) is 23.6 Å². The number of amides is 2. The number of piperidine rings is 1. The number of hydrogen-bond acceptors (Lipinski definition) is 4. The van der Waals surface area contributed by atoms with Crippen LogP contribution in [-0.4, -0.2) is 43.0 Å². The predicted molar refractivity (Wildman–Crippen MR) is 91.3 cm³/mol. The maximum Gasteiger partial charge on any atom is 0.254 e. The first-order valence-electron chi connectivity index (χ1n) is 8.30. The molecule has 3 rings (SSSR count). The zero-order valence-corrected chi connectivity index (χ0v) is 14.8. The van der Waals surface area contributed by atoms with Gasteiger partial charge in [0, 0.05) is 24.1 Å². The molecular formula is C17H22N2O4S. The van der Waals surface area contributed by atoms with E-state index < -0.39 is 15.9 Å². The fourth-order valence-electron chi connectivity index (χ4n) is 3.58. The number of sulfonamides is 1. The third kappa shape index (κ3) is 2.92. The maximum atomic E-state index is 12.8. The Morgan fingerprint density at radius 2 is 1.67 bits per heavy atom. The van der Waals surface area contributed by atoms with E-state index in [2.05, 4.69) is 13.8 Å². The van der Waals surface area contributed by atoms with E-state index in [1.807, 2.05) is 4.90 Å². The minimum Gasteiger partial charge on any atom is -0.333 e. The first kappa shape index (κ1) is 17.0. The van der Waals surface area contributed by atoms with Crippen LogP contribution in [0.15, 0.2) is 24.3 Å². The normalized spacial score (nSPS) is 26.7. The number of nitrogens with zero attached hydrogens (tertiary/aromatic N) is 2. The monoisotopic (exact) mass is 350 g/mol. The average molecular weight is 350 g/mol. The lowest BCUT2D eigenvalue weighted by molar-refractivity contribution is -0.116. The summed E-state index contributed by atoms with van der Waals surface area (Å²) in [5.41, 5.74) is 0.817. The molecule has 2 amide bonds. The number of likely N-dealkylation sites (tertiary alicyclic amines) is 1. The Hall–Kier alpha value is -1.89. The molecule has 2 aliphatic heterocycles. The summed E-state index contributed by atoms with van der Waals surface area (Å²) >= 11 is 0. The lowest BCUT2D eigenvalue weighted by Crippen LogP contribution is -2.47. The fraction of sp³-hybridized carbons (Fsp3) is 0.529. The van der Waals surface area contributed by atoms with Crippen molar-refractivity contribution in [2.75, 3.05) is 10.1 Å². The van der Waals surface area contributed by atoms with Crippen molar-refractivity contribution in [3.05, 3.63) is 29.8 Å². The molecule has 0 spiro atoms. The number of carbonyl (C=O) groups is 2. The molecule has 7 heteroatoms. The quantitative estimate of drug-likeness (QED) is 0.819. The van der Waals surface area contributed by atoms with E-state index >= 15 is 0 Å². The van der Waals surface area contributed by atoms with Crippen molar-refractivity contribution >= 4 is 27.5 Å². The number of benzene rings is 1. The average Bonchev–Trinajstić information content (AvgIpc) is 2.80. The summed E-state index contributed by atoms with van der Waals surface area (Å²) in [5.74, 6) is -0.626. The summed E-state index contributed by atoms with van der Waals surface area (Å²) in [6, 6.07) is 6.67. The van der Waals surface area contributed by atoms with Gasteiger partial charge in [-0.25, -0.2) is 12.7 Å². The second-order valence-corrected chi connectivity index (χ2v) is 8.55. The van der Waals surface area contributed by atoms with Crippen LogP contribution in [0.2, 0.25) is 0 Å². The van der Waals surface area contributed by atoms with Crippen molar-refractivity contribution in [1.29, 1.82) is 0 Å². The SMILES string of the molecule is C[C@@H]1CCC[C@@H](C)N1C(=O)c1ccc(N2C(=O)CCS2(=O)=O)cc1. The summed E-state index contributed by atoms with van der Waals surface area (Å²) in [5, 5.41) is 0. The Morgan fingerprint density at radius 3 is 2.17 bits per heavy atom. The first-order valence-corrected chi connectivity index (χ1v) is 9.91. The van der Waals surface area contributed by atoms with Crippen molar-refractivity contribution in [2.45, 2.75) is 51.6 Å². The van der Waals surface area contributed by atoms with Gasteiger partial charge in [-0.05, 0) is 57.4 Å². The molecule has 0 unspecified atom stereocenters. The molecule has 24 heavy (non-hydrogen) atoms. The van der Waals surface area contributed by atoms with Gasteiger partial charge in [0.25, 0.3) is 5.91 Å². The van der Waals surface area contributed by atoms with Crippen molar-refractivity contribution in [3.63, 3.8) is 0 Å². The second kappa shape index (κ2) is 6.20. The van der Waals surface area contributed by atoms with E-state index in [4.69, 9.17) is 0 Å². The van der Waals surface area contributed by atoms with Crippen LogP contribution in [0.5, 0.6) is 0 Å². The van der Waals surface area contributed by atoms with Gasteiger partial charge in [0.15, 0.2) is 0 Å². The van der Waals surface area contributed by atoms with Crippen LogP contribution in [0.25, 0.3) is 0 Å². The molecule has 1 aromatic rings. The molecule has 0 radical (unpaired) electrons. The molecule has 6 nitrogen and oxygen atoms in total. The maximum absolute atomic E-state index is 12.8. The van der Waals surface area contributed by atoms with Gasteiger partial charge in [0.1, 0.15) is 0 Å². The summed E-state index contributed by atoms with van der Waals surface area (Å²) in [4.78, 5) is 26.5. The second-order valence-electron chi connectivity index (χ2n) is 6.61. The van der Waals surface area contributed by atoms with Gasteiger partial charge in [-0.2, -0.15) is 0 Å². The molecule has 2 saturated heterocycles. The largest absolute Gasteiger partial charge is 0.333 e. The van der Waals surface area contributed by atoms with Crippen molar-refractivity contribution in [3.8, 4) is 0 Å². The van der Waals surface area contributed by atoms with Crippen molar-refractivity contribution in [1.82, 2.24) is 4.90 Å². The van der Waals surface area contributed by atoms with Crippen LogP contribution >= 0.6 is 0 Å². The van der Waals surface area contributed by atoms with Gasteiger partial charge < -0.3 is 4.90 Å². The minimum atomic E-state index is -3.57. The molecule has 0 N–H and O–H groups in total. The topological polar surface area (TPSA) is 74.8 Å². The van der Waals surface area contributed by atoms with Crippen molar-refractivity contribution in [2.24, 2.45) is 0 Å². The molecule has 130 valence electrons. The molecule has 1 aromatic carbocycles. The van der Waals surface area contributed by atoms with Crippen LogP contribution in [0.3, 0.4) is 0 Å². The molecule has 2 fully saturated rings. The van der Waals surface area contributed by atoms with Crippen LogP contribution in [0.1, 0.15) is 49.9 Å². The molecule has 0 aliphatic carbocycles. The van der Waals surface area contributed by atoms with Gasteiger partial charge in [-0.1, -0.05) is 0 Å². The molecule has 0 saturated carbocycles. The third-order valence-electron chi connectivity index (χ3n) is 4.86. The van der Waals surface area contributed by atoms with E-state index in [1.54, 1.807) is 12.1 Å². The van der Waals surface area contributed by atoms with Gasteiger partial charge in [-0.3, -0.25) is 9.59 Å². The van der Waals surface area contributed by atoms with E-state index in [1.165, 1.54) is 12.1 Å². The molecule has 2 atom stereocenters. The number of hydrogen-bond donors (Lipinski definition) is 0. The Labute approximate surface area is 142 Å². The van der Waals surface area contributed by atoms with Crippen molar-refractivity contribution < 1.29 is 18.0 Å². The highest BCUT2D eigenvalue weighted by Gasteiger charge is 2.36. The Kier molecular flexibility index (Phi) is 4.38. The minimum absolute atomic E-state index is 0.00578. The van der Waals surface area contributed by atoms with Gasteiger partial charge in [0.05, 0.1) is 11.4 Å². The first-order chi connectivity index (χ1) is 11.3. The Bertz CT molecular complexity index is 747. The van der Waals surface area contributed by atoms with E-state index in [0.29, 0.717) is 11.3 Å². The van der Waals surface area contributed by atoms with Crippen LogP contribution in [0, 0.1) is 0 Å². The molecule has 0 aromatic heterocycles. The zero-order valence-electron chi connectivity index (χ0n) is 13.9. The van der Waals surface area contributed by atoms with Crippen LogP contribution < -0.4 is 4.31 Å². The Morgan fingerprint density at radius 1 is 1.08 bits per heavy atom. The highest BCUT2D eigenvalue weighted by molar-refractivity contribution is 7.94. The molecule has 2 heterocycles. The standard InChI is InChI=1S/C17H22N2O4S/c1-12-4-3-5-13(2)18(12)17(21)14-6-8-15(9-7-14)19-16(20)10-11-24(19,22)23/h6-9,12-13H,3-5,10-11H2,1-2H3/t12-,13-/m1/s1. The smallest absolute Gasteiger partial charge is 0.254 e. The Balaban J connectivity index is 1.84. The fourth-order valence-corrected chi connectivity index (χ4v) is 5.04. The predicted octanol–water partition coefficient (Wildman–Crippen LogP) is 2.16. The van der Waals surface area contributed by atoms with Gasteiger partial charge >= 0.3 is 0 Å². The summed E-state index contributed by atoms with van der Waals surface area (Å²) in [6.45, 7) is 4.11. The van der Waals surface area contributed by atoms with E-state index in [-0.39, 0.29) is 30.2 Å². The number of carbonyl (C=O) groups excluding carboxylic acids is 2. The lowest BCUT2D eigenvalue weighted by atomic mass is 9.96. The van der Waals surface area contributed by atoms with E-state index in [9.17, 15) is 18.0 Å². The molecule has 0 bridgehead atoms. The van der Waals surface area contributed by atoms with Gasteiger partial charge in [-0.15, -0.1) is 0 Å². The van der Waals surface area contributed by atoms with Crippen LogP contribution in [0.4, 0.5) is 5.69 Å². The highest BCUT2D eigenvalue weighted by atomic mass is 32.2. The summed E-state index contributed by atoms with van der Waals surface area (Å²) < 4.78 is 24.8. The van der Waals surface area contributed by atoms with Gasteiger partial charge in [0.2, 0.25) is 15.9 Å². The highest BCUT2D eigenvalue weighted by Crippen LogP contribution is 2.28. The summed E-state index contributed by atoms with van der Waals surface area (Å²) in [6.07, 6.45) is 3.12. The van der Waals surface area contributed by atoms with Crippen LogP contribution in [-0.2, 0) is 14.8 Å². The molecule has 2 aliphatic rings. The zero-order chi connectivity index (χ0) is 17.5. The molecular weight excluding hydrogens is 328 g/mol. The lowest BCUT2D eigenvalue weighted by Gasteiger charge is -2.39. The number of anilines is 1. The summed E-state index contributed by atoms with van der Waals surface area (Å²) in [7, 11) is -3.57.